The Morgan fingerprint density at radius 1 is 0.738 bits per heavy atom. The molecule has 0 atom stereocenters. The fourth-order valence-electron chi connectivity index (χ4n) is 5.06. The number of fused-ring (bicyclic) bond motifs is 2. The van der Waals surface area contributed by atoms with Gasteiger partial charge in [0.25, 0.3) is 0 Å². The molecule has 42 heavy (non-hydrogen) atoms. The molecule has 0 fully saturated rings. The zero-order valence-corrected chi connectivity index (χ0v) is 27.2. The van der Waals surface area contributed by atoms with Crippen LogP contribution < -0.4 is 0 Å². The van der Waals surface area contributed by atoms with Gasteiger partial charge >= 0.3 is 0 Å². The van der Waals surface area contributed by atoms with Gasteiger partial charge in [-0.15, -0.1) is 29.1 Å². The molecular weight excluding hydrogens is 697 g/mol. The molecule has 0 unspecified atom stereocenters. The van der Waals surface area contributed by atoms with E-state index in [1.54, 1.807) is 6.33 Å². The molecule has 1 aromatic heterocycles. The van der Waals surface area contributed by atoms with Crippen molar-refractivity contribution in [3.63, 3.8) is 0 Å². The number of benzene rings is 4. The summed E-state index contributed by atoms with van der Waals surface area (Å²) >= 11 is 0. The van der Waals surface area contributed by atoms with Crippen molar-refractivity contribution in [2.24, 2.45) is 11.8 Å². The third-order valence-electron chi connectivity index (χ3n) is 7.75. The summed E-state index contributed by atoms with van der Waals surface area (Å²) in [6.07, 6.45) is 6.53. The van der Waals surface area contributed by atoms with Gasteiger partial charge in [-0.2, -0.15) is 0 Å². The molecule has 5 aromatic rings. The van der Waals surface area contributed by atoms with Crippen molar-refractivity contribution < 1.29 is 30.0 Å². The third-order valence-corrected chi connectivity index (χ3v) is 7.75. The first-order valence-electron chi connectivity index (χ1n) is 14.6. The number of ketones is 1. The maximum absolute atomic E-state index is 11.7. The van der Waals surface area contributed by atoms with Crippen LogP contribution in [0.3, 0.4) is 0 Å². The van der Waals surface area contributed by atoms with E-state index in [4.69, 9.17) is 0 Å². The number of aromatic nitrogens is 2. The van der Waals surface area contributed by atoms with Gasteiger partial charge in [-0.1, -0.05) is 99.8 Å². The van der Waals surface area contributed by atoms with Gasteiger partial charge in [-0.3, -0.25) is 9.78 Å². The van der Waals surface area contributed by atoms with Gasteiger partial charge in [-0.25, -0.2) is 4.98 Å². The summed E-state index contributed by atoms with van der Waals surface area (Å²) < 4.78 is 0. The van der Waals surface area contributed by atoms with E-state index in [-0.39, 0.29) is 43.5 Å². The minimum absolute atomic E-state index is 0. The first-order chi connectivity index (χ1) is 20.0. The Bertz CT molecular complexity index is 1540. The van der Waals surface area contributed by atoms with Crippen LogP contribution in [0.2, 0.25) is 0 Å². The fraction of sp³-hybridized carbons (Fsp3) is 0.270. The van der Waals surface area contributed by atoms with E-state index in [1.165, 1.54) is 27.6 Å². The van der Waals surface area contributed by atoms with Crippen LogP contribution in [0, 0.1) is 17.9 Å². The number of hydrogen-bond donors (Lipinski definition) is 1. The number of nitrogens with zero attached hydrogens (tertiary/aromatic N) is 2. The van der Waals surface area contributed by atoms with E-state index in [2.05, 4.69) is 76.7 Å². The van der Waals surface area contributed by atoms with Crippen LogP contribution >= 0.6 is 0 Å². The first kappa shape index (κ1) is 32.8. The summed E-state index contributed by atoms with van der Waals surface area (Å²) in [5.41, 5.74) is 3.87. The molecule has 0 amide bonds. The summed E-state index contributed by atoms with van der Waals surface area (Å²) in [5.74, 6) is 0.547. The quantitative estimate of drug-likeness (QED) is 0.0931. The summed E-state index contributed by atoms with van der Waals surface area (Å²) in [6, 6.07) is 32.6. The molecule has 0 saturated heterocycles. The second-order valence-corrected chi connectivity index (χ2v) is 10.3. The van der Waals surface area contributed by atoms with E-state index in [0.29, 0.717) is 0 Å². The third kappa shape index (κ3) is 8.21. The smallest absolute Gasteiger partial charge is 0.162 e. The molecule has 1 radical (unpaired) electrons. The second kappa shape index (κ2) is 16.1. The van der Waals surface area contributed by atoms with Crippen molar-refractivity contribution in [3.05, 3.63) is 109 Å². The molecule has 0 aliphatic carbocycles. The molecule has 0 aliphatic rings. The fourth-order valence-corrected chi connectivity index (χ4v) is 5.06. The number of carbonyl (C=O) groups excluding carboxylic acids is 1. The number of aliphatic hydroxyl groups excluding tert-OH is 1. The predicted molar refractivity (Wildman–Crippen MR) is 171 cm³/mol. The van der Waals surface area contributed by atoms with Crippen molar-refractivity contribution in [1.82, 2.24) is 9.97 Å². The molecule has 1 heterocycles. The van der Waals surface area contributed by atoms with E-state index >= 15 is 0 Å². The van der Waals surface area contributed by atoms with E-state index in [9.17, 15) is 9.90 Å². The number of allylic oxidation sites excluding steroid dienone is 2. The maximum Gasteiger partial charge on any atom is 0.162 e. The Kier molecular flexibility index (Phi) is 12.6. The van der Waals surface area contributed by atoms with Gasteiger partial charge in [-0.05, 0) is 48.2 Å². The monoisotopic (exact) mass is 736 g/mol. The average Bonchev–Trinajstić information content (AvgIpc) is 3.02. The standard InChI is InChI=1S/C24H15N2.C13H24O2.Ir/c1-3-7-19-13-21(11-9-17(19)5-1)23-15-24(26-16-25-23)22-12-10-18-6-2-4-8-20(18)14-22;1-5-10(6-2)12(14)9-13(15)11(7-3)8-4;/h1-11,13-16H;9-11,14H,5-8H2,1-4H3;/q-1;;/b;12-9-;. The minimum atomic E-state index is 0. The van der Waals surface area contributed by atoms with Gasteiger partial charge in [0.2, 0.25) is 0 Å². The van der Waals surface area contributed by atoms with Gasteiger partial charge in [0.05, 0.1) is 11.5 Å². The van der Waals surface area contributed by atoms with Gasteiger partial charge in [0.15, 0.2) is 5.78 Å². The van der Waals surface area contributed by atoms with Crippen molar-refractivity contribution in [2.45, 2.75) is 53.4 Å². The van der Waals surface area contributed by atoms with Crippen LogP contribution in [-0.4, -0.2) is 20.9 Å². The van der Waals surface area contributed by atoms with Crippen LogP contribution in [0.4, 0.5) is 0 Å². The Labute approximate surface area is 263 Å². The Hall–Kier alpha value is -3.66. The Morgan fingerprint density at radius 3 is 1.95 bits per heavy atom. The van der Waals surface area contributed by atoms with Crippen molar-refractivity contribution in [1.29, 1.82) is 0 Å². The number of hydrogen-bond acceptors (Lipinski definition) is 4. The molecule has 4 nitrogen and oxygen atoms in total. The van der Waals surface area contributed by atoms with Crippen LogP contribution in [0.25, 0.3) is 44.1 Å². The van der Waals surface area contributed by atoms with Crippen LogP contribution in [0.5, 0.6) is 0 Å². The van der Waals surface area contributed by atoms with Crippen LogP contribution in [-0.2, 0) is 24.9 Å². The maximum atomic E-state index is 11.7. The topological polar surface area (TPSA) is 63.1 Å². The number of rotatable bonds is 9. The van der Waals surface area contributed by atoms with Gasteiger partial charge in [0.1, 0.15) is 6.33 Å². The molecule has 5 rings (SSSR count). The molecule has 1 N–H and O–H groups in total. The largest absolute Gasteiger partial charge is 0.512 e. The molecule has 4 aromatic carbocycles. The minimum Gasteiger partial charge on any atom is -0.512 e. The van der Waals surface area contributed by atoms with Crippen LogP contribution in [0.15, 0.2) is 103 Å². The number of aliphatic hydroxyl groups is 1. The van der Waals surface area contributed by atoms with Crippen molar-refractivity contribution in [2.75, 3.05) is 0 Å². The van der Waals surface area contributed by atoms with Gasteiger partial charge < -0.3 is 5.11 Å². The van der Waals surface area contributed by atoms with Crippen molar-refractivity contribution in [3.8, 4) is 22.5 Å². The Balaban J connectivity index is 0.000000263. The predicted octanol–water partition coefficient (Wildman–Crippen LogP) is 9.78. The molecule has 0 aliphatic heterocycles. The average molecular weight is 736 g/mol. The van der Waals surface area contributed by atoms with Crippen molar-refractivity contribution >= 4 is 27.3 Å². The Morgan fingerprint density at radius 2 is 1.31 bits per heavy atom. The summed E-state index contributed by atoms with van der Waals surface area (Å²) in [6.45, 7) is 8.07. The van der Waals surface area contributed by atoms with E-state index < -0.39 is 0 Å². The molecule has 0 spiro atoms. The molecular formula is C37H39IrN2O2-. The summed E-state index contributed by atoms with van der Waals surface area (Å²) in [4.78, 5) is 20.7. The van der Waals surface area contributed by atoms with E-state index in [1.807, 2.05) is 52.0 Å². The number of carbonyl (C=O) groups is 1. The summed E-state index contributed by atoms with van der Waals surface area (Å²) in [7, 11) is 0. The second-order valence-electron chi connectivity index (χ2n) is 10.3. The molecule has 5 heteroatoms. The first-order valence-corrected chi connectivity index (χ1v) is 14.6. The molecule has 0 saturated carbocycles. The zero-order valence-electron chi connectivity index (χ0n) is 24.8. The zero-order chi connectivity index (χ0) is 29.2. The molecule has 219 valence electrons. The molecule has 0 bridgehead atoms. The normalized spacial score (nSPS) is 11.3. The summed E-state index contributed by atoms with van der Waals surface area (Å²) in [5, 5.41) is 14.6. The van der Waals surface area contributed by atoms with E-state index in [0.717, 1.165) is 48.2 Å². The SMILES string of the molecule is CCC(CC)C(=O)/C=C(\O)C(CC)CC.[Ir].[c-]1cc2ccccc2cc1-c1cc(-c2ccc3ccccc3c2)ncn1. The van der Waals surface area contributed by atoms with Gasteiger partial charge in [0, 0.05) is 43.6 Å². The van der Waals surface area contributed by atoms with Crippen LogP contribution in [0.1, 0.15) is 53.4 Å².